The Bertz CT molecular complexity index is 1280. The third-order valence-corrected chi connectivity index (χ3v) is 7.97. The average Bonchev–Trinajstić information content (AvgIpc) is 3.26. The van der Waals surface area contributed by atoms with Gasteiger partial charge in [0.05, 0.1) is 16.5 Å². The highest BCUT2D eigenvalue weighted by atomic mass is 35.5. The SMILES string of the molecule is CC(C)(c1ccc(OCc2csc(S(N)(=O)=O)c2)cc1)c1cc(Cl)c(OCCCl)c(C#N)c1. The highest BCUT2D eigenvalue weighted by Gasteiger charge is 2.26. The van der Waals surface area contributed by atoms with Gasteiger partial charge in [-0.15, -0.1) is 22.9 Å². The molecule has 0 aliphatic carbocycles. The molecule has 3 rings (SSSR count). The Morgan fingerprint density at radius 3 is 2.39 bits per heavy atom. The van der Waals surface area contributed by atoms with Crippen LogP contribution in [0.25, 0.3) is 0 Å². The van der Waals surface area contributed by atoms with Crippen LogP contribution in [-0.2, 0) is 22.0 Å². The number of alkyl halides is 1. The minimum absolute atomic E-state index is 0.104. The number of nitrogens with zero attached hydrogens (tertiary/aromatic N) is 1. The highest BCUT2D eigenvalue weighted by Crippen LogP contribution is 2.38. The minimum Gasteiger partial charge on any atom is -0.489 e. The van der Waals surface area contributed by atoms with Crippen molar-refractivity contribution in [1.82, 2.24) is 0 Å². The first-order chi connectivity index (χ1) is 15.6. The van der Waals surface area contributed by atoms with Gasteiger partial charge in [-0.05, 0) is 46.8 Å². The lowest BCUT2D eigenvalue weighted by Gasteiger charge is -2.27. The van der Waals surface area contributed by atoms with E-state index in [2.05, 4.69) is 6.07 Å². The summed E-state index contributed by atoms with van der Waals surface area (Å²) in [6.07, 6.45) is 0. The van der Waals surface area contributed by atoms with Crippen molar-refractivity contribution in [2.45, 2.75) is 30.1 Å². The second kappa shape index (κ2) is 10.3. The molecule has 10 heteroatoms. The van der Waals surface area contributed by atoms with E-state index in [0.29, 0.717) is 28.0 Å². The topological polar surface area (TPSA) is 102 Å². The lowest BCUT2D eigenvalue weighted by Crippen LogP contribution is -2.19. The van der Waals surface area contributed by atoms with Crippen LogP contribution in [0.2, 0.25) is 5.02 Å². The number of ether oxygens (including phenoxy) is 2. The molecule has 174 valence electrons. The van der Waals surface area contributed by atoms with Crippen molar-refractivity contribution in [3.05, 3.63) is 75.1 Å². The van der Waals surface area contributed by atoms with Crippen molar-refractivity contribution in [2.24, 2.45) is 5.14 Å². The predicted octanol–water partition coefficient (Wildman–Crippen LogP) is 5.44. The van der Waals surface area contributed by atoms with Crippen LogP contribution in [0.4, 0.5) is 0 Å². The molecule has 0 spiro atoms. The van der Waals surface area contributed by atoms with Gasteiger partial charge in [-0.3, -0.25) is 0 Å². The number of thiophene rings is 1. The first kappa shape index (κ1) is 25.3. The van der Waals surface area contributed by atoms with Gasteiger partial charge < -0.3 is 9.47 Å². The molecule has 3 aromatic rings. The van der Waals surface area contributed by atoms with Gasteiger partial charge in [-0.1, -0.05) is 37.6 Å². The molecular formula is C23H22Cl2N2O4S2. The normalized spacial score (nSPS) is 11.8. The predicted molar refractivity (Wildman–Crippen MR) is 131 cm³/mol. The van der Waals surface area contributed by atoms with Gasteiger partial charge in [0.25, 0.3) is 0 Å². The number of sulfonamides is 1. The van der Waals surface area contributed by atoms with Crippen LogP contribution in [0.15, 0.2) is 52.1 Å². The number of benzene rings is 2. The van der Waals surface area contributed by atoms with Gasteiger partial charge in [-0.25, -0.2) is 13.6 Å². The second-order valence-electron chi connectivity index (χ2n) is 7.74. The fraction of sp³-hybridized carbons (Fsp3) is 0.261. The first-order valence-corrected chi connectivity index (χ1v) is 13.2. The number of primary sulfonamides is 1. The zero-order valence-corrected chi connectivity index (χ0v) is 21.1. The van der Waals surface area contributed by atoms with Crippen LogP contribution < -0.4 is 14.6 Å². The first-order valence-electron chi connectivity index (χ1n) is 9.82. The monoisotopic (exact) mass is 524 g/mol. The van der Waals surface area contributed by atoms with E-state index in [4.69, 9.17) is 37.8 Å². The molecule has 0 aliphatic rings. The average molecular weight is 525 g/mol. The third-order valence-electron chi connectivity index (χ3n) is 5.10. The van der Waals surface area contributed by atoms with Crippen LogP contribution in [-0.4, -0.2) is 20.9 Å². The Labute approximate surface area is 207 Å². The number of rotatable bonds is 9. The molecule has 1 heterocycles. The van der Waals surface area contributed by atoms with Gasteiger partial charge >= 0.3 is 0 Å². The summed E-state index contributed by atoms with van der Waals surface area (Å²) in [6, 6.07) is 14.8. The van der Waals surface area contributed by atoms with Crippen LogP contribution >= 0.6 is 34.5 Å². The lowest BCUT2D eigenvalue weighted by atomic mass is 9.77. The van der Waals surface area contributed by atoms with E-state index in [-0.39, 0.29) is 17.4 Å². The molecule has 2 N–H and O–H groups in total. The van der Waals surface area contributed by atoms with E-state index in [1.807, 2.05) is 38.1 Å². The van der Waals surface area contributed by atoms with E-state index < -0.39 is 15.4 Å². The Morgan fingerprint density at radius 2 is 1.82 bits per heavy atom. The molecule has 0 radical (unpaired) electrons. The summed E-state index contributed by atoms with van der Waals surface area (Å²) in [7, 11) is -3.71. The number of nitriles is 1. The molecule has 0 amide bonds. The molecule has 0 saturated carbocycles. The van der Waals surface area contributed by atoms with E-state index in [1.54, 1.807) is 17.5 Å². The molecule has 6 nitrogen and oxygen atoms in total. The van der Waals surface area contributed by atoms with Crippen molar-refractivity contribution >= 4 is 44.6 Å². The van der Waals surface area contributed by atoms with Crippen molar-refractivity contribution in [1.29, 1.82) is 5.26 Å². The number of halogens is 2. The van der Waals surface area contributed by atoms with Gasteiger partial charge in [0.15, 0.2) is 5.75 Å². The molecule has 33 heavy (non-hydrogen) atoms. The van der Waals surface area contributed by atoms with E-state index in [1.165, 1.54) is 6.07 Å². The van der Waals surface area contributed by atoms with E-state index in [9.17, 15) is 13.7 Å². The van der Waals surface area contributed by atoms with Crippen molar-refractivity contribution in [3.8, 4) is 17.6 Å². The molecule has 0 bridgehead atoms. The van der Waals surface area contributed by atoms with Crippen LogP contribution in [0.1, 0.15) is 36.1 Å². The van der Waals surface area contributed by atoms with E-state index in [0.717, 1.165) is 28.0 Å². The van der Waals surface area contributed by atoms with Gasteiger partial charge in [0.2, 0.25) is 10.0 Å². The molecule has 0 fully saturated rings. The fourth-order valence-corrected chi connectivity index (χ4v) is 5.17. The summed E-state index contributed by atoms with van der Waals surface area (Å²) in [5, 5.41) is 16.8. The number of hydrogen-bond donors (Lipinski definition) is 1. The molecule has 2 aromatic carbocycles. The number of nitrogens with two attached hydrogens (primary N) is 1. The second-order valence-corrected chi connectivity index (χ2v) is 11.2. The van der Waals surface area contributed by atoms with Gasteiger partial charge in [0.1, 0.15) is 29.2 Å². The quantitative estimate of drug-likeness (QED) is 0.375. The van der Waals surface area contributed by atoms with Gasteiger partial charge in [-0.2, -0.15) is 5.26 Å². The zero-order valence-electron chi connectivity index (χ0n) is 18.0. The Hall–Kier alpha value is -2.28. The summed E-state index contributed by atoms with van der Waals surface area (Å²) < 4.78 is 34.2. The van der Waals surface area contributed by atoms with Crippen molar-refractivity contribution in [3.63, 3.8) is 0 Å². The Morgan fingerprint density at radius 1 is 1.12 bits per heavy atom. The maximum Gasteiger partial charge on any atom is 0.247 e. The maximum atomic E-state index is 11.4. The Kier molecular flexibility index (Phi) is 7.93. The molecule has 0 saturated heterocycles. The van der Waals surface area contributed by atoms with Crippen LogP contribution in [0.3, 0.4) is 0 Å². The maximum absolute atomic E-state index is 11.4. The largest absolute Gasteiger partial charge is 0.489 e. The summed E-state index contributed by atoms with van der Waals surface area (Å²) >= 11 is 13.2. The molecule has 0 aliphatic heterocycles. The summed E-state index contributed by atoms with van der Waals surface area (Å²) in [4.78, 5) is 0. The smallest absolute Gasteiger partial charge is 0.247 e. The van der Waals surface area contributed by atoms with Crippen molar-refractivity contribution < 1.29 is 17.9 Å². The third kappa shape index (κ3) is 5.99. The van der Waals surface area contributed by atoms with Crippen LogP contribution in [0.5, 0.6) is 11.5 Å². The van der Waals surface area contributed by atoms with Crippen molar-refractivity contribution in [2.75, 3.05) is 12.5 Å². The molecule has 0 unspecified atom stereocenters. The Balaban J connectivity index is 1.77. The number of hydrogen-bond acceptors (Lipinski definition) is 6. The minimum atomic E-state index is -3.71. The van der Waals surface area contributed by atoms with Gasteiger partial charge in [0, 0.05) is 11.0 Å². The van der Waals surface area contributed by atoms with Crippen LogP contribution in [0, 0.1) is 11.3 Å². The standard InChI is InChI=1S/C23H22Cl2N2O4S2/c1-23(2,18-10-16(12-26)22(20(25)11-18)30-8-7-24)17-3-5-19(6-4-17)31-13-15-9-21(32-14-15)33(27,28)29/h3-6,9-11,14H,7-8,13H2,1-2H3,(H2,27,28,29). The molecular weight excluding hydrogens is 503 g/mol. The summed E-state index contributed by atoms with van der Waals surface area (Å²) in [5.41, 5.74) is 2.49. The summed E-state index contributed by atoms with van der Waals surface area (Å²) in [5.74, 6) is 1.27. The lowest BCUT2D eigenvalue weighted by molar-refractivity contribution is 0.306. The highest BCUT2D eigenvalue weighted by molar-refractivity contribution is 7.91. The molecule has 0 atom stereocenters. The molecule has 1 aromatic heterocycles. The zero-order chi connectivity index (χ0) is 24.2. The summed E-state index contributed by atoms with van der Waals surface area (Å²) in [6.45, 7) is 4.55. The van der Waals surface area contributed by atoms with E-state index >= 15 is 0 Å². The fourth-order valence-electron chi connectivity index (χ4n) is 3.20.